The molecule has 140 valence electrons. The topological polar surface area (TPSA) is 39.7 Å². The van der Waals surface area contributed by atoms with E-state index in [-0.39, 0.29) is 0 Å². The van der Waals surface area contributed by atoms with Crippen LogP contribution in [0.3, 0.4) is 0 Å². The minimum Gasteiger partial charge on any atom is -0.490 e. The summed E-state index contributed by atoms with van der Waals surface area (Å²) < 4.78 is 18.5. The number of nitrogens with one attached hydrogen (secondary N) is 1. The highest BCUT2D eigenvalue weighted by Gasteiger charge is 2.16. The third-order valence-corrected chi connectivity index (χ3v) is 5.10. The predicted molar refractivity (Wildman–Crippen MR) is 107 cm³/mol. The fourth-order valence-electron chi connectivity index (χ4n) is 3.00. The van der Waals surface area contributed by atoms with Crippen molar-refractivity contribution in [2.24, 2.45) is 0 Å². The zero-order valence-electron chi connectivity index (χ0n) is 15.2. The first-order valence-corrected chi connectivity index (χ1v) is 10.00. The molecule has 1 N–H and O–H groups in total. The van der Waals surface area contributed by atoms with Gasteiger partial charge in [-0.15, -0.1) is 0 Å². The molecule has 5 heteroatoms. The zero-order valence-corrected chi connectivity index (χ0v) is 16.8. The highest BCUT2D eigenvalue weighted by Crippen LogP contribution is 2.34. The highest BCUT2D eigenvalue weighted by atomic mass is 79.9. The van der Waals surface area contributed by atoms with Crippen LogP contribution >= 0.6 is 15.9 Å². The number of ether oxygens (including phenoxy) is 3. The first kappa shape index (κ1) is 19.2. The lowest BCUT2D eigenvalue weighted by Crippen LogP contribution is -2.25. The molecular weight excluding hydrogens is 394 g/mol. The lowest BCUT2D eigenvalue weighted by Gasteiger charge is -2.16. The maximum absolute atomic E-state index is 6.00. The smallest absolute Gasteiger partial charge is 0.162 e. The van der Waals surface area contributed by atoms with Gasteiger partial charge < -0.3 is 19.5 Å². The molecule has 4 nitrogen and oxygen atoms in total. The van der Waals surface area contributed by atoms with Crippen molar-refractivity contribution >= 4 is 15.9 Å². The Morgan fingerprint density at radius 1 is 1.15 bits per heavy atom. The van der Waals surface area contributed by atoms with Crippen LogP contribution in [-0.2, 0) is 17.9 Å². The summed E-state index contributed by atoms with van der Waals surface area (Å²) in [5, 5.41) is 3.48. The van der Waals surface area contributed by atoms with Gasteiger partial charge in [-0.2, -0.15) is 0 Å². The molecule has 0 bridgehead atoms. The van der Waals surface area contributed by atoms with Gasteiger partial charge in [0.2, 0.25) is 0 Å². The highest BCUT2D eigenvalue weighted by molar-refractivity contribution is 9.10. The van der Waals surface area contributed by atoms with Crippen LogP contribution in [0.4, 0.5) is 0 Å². The molecule has 1 aliphatic heterocycles. The van der Waals surface area contributed by atoms with E-state index in [0.29, 0.717) is 19.3 Å². The molecule has 0 radical (unpaired) electrons. The fraction of sp³-hybridized carbons (Fsp3) is 0.429. The van der Waals surface area contributed by atoms with E-state index in [1.54, 1.807) is 0 Å². The standard InChI is InChI=1S/C21H26BrNO3/c1-2-24-20-11-17(13-23-14-18-9-6-10-25-18)19(22)12-21(20)26-15-16-7-4-3-5-8-16/h3-5,7-8,11-12,18,23H,2,6,9-10,13-15H2,1H3. The van der Waals surface area contributed by atoms with Crippen LogP contribution < -0.4 is 14.8 Å². The Hall–Kier alpha value is -1.56. The molecular formula is C21H26BrNO3. The maximum Gasteiger partial charge on any atom is 0.162 e. The van der Waals surface area contributed by atoms with Crippen LogP contribution in [0.1, 0.15) is 30.9 Å². The number of hydrogen-bond donors (Lipinski definition) is 1. The Balaban J connectivity index is 1.64. The van der Waals surface area contributed by atoms with E-state index < -0.39 is 0 Å². The number of hydrogen-bond acceptors (Lipinski definition) is 4. The van der Waals surface area contributed by atoms with Gasteiger partial charge in [0.25, 0.3) is 0 Å². The summed E-state index contributed by atoms with van der Waals surface area (Å²) in [7, 11) is 0. The van der Waals surface area contributed by atoms with Gasteiger partial charge in [0.05, 0.1) is 12.7 Å². The van der Waals surface area contributed by atoms with Crippen LogP contribution in [0.25, 0.3) is 0 Å². The number of rotatable bonds is 9. The van der Waals surface area contributed by atoms with Crippen LogP contribution in [0.2, 0.25) is 0 Å². The second-order valence-corrected chi connectivity index (χ2v) is 7.22. The summed E-state index contributed by atoms with van der Waals surface area (Å²) in [4.78, 5) is 0. The van der Waals surface area contributed by atoms with Gasteiger partial charge >= 0.3 is 0 Å². The van der Waals surface area contributed by atoms with Crippen molar-refractivity contribution in [2.45, 2.75) is 39.0 Å². The van der Waals surface area contributed by atoms with Crippen LogP contribution in [-0.4, -0.2) is 25.9 Å². The maximum atomic E-state index is 6.00. The minimum atomic E-state index is 0.341. The average Bonchev–Trinajstić information content (AvgIpc) is 3.17. The molecule has 2 aromatic carbocycles. The first-order valence-electron chi connectivity index (χ1n) is 9.20. The number of benzene rings is 2. The molecule has 1 fully saturated rings. The van der Waals surface area contributed by atoms with E-state index in [2.05, 4.69) is 39.4 Å². The molecule has 0 amide bonds. The molecule has 1 unspecified atom stereocenters. The third-order valence-electron chi connectivity index (χ3n) is 4.36. The van der Waals surface area contributed by atoms with Crippen LogP contribution in [0.5, 0.6) is 11.5 Å². The zero-order chi connectivity index (χ0) is 18.2. The lowest BCUT2D eigenvalue weighted by atomic mass is 10.2. The summed E-state index contributed by atoms with van der Waals surface area (Å²) in [5.41, 5.74) is 2.28. The Kier molecular flexibility index (Phi) is 7.35. The largest absolute Gasteiger partial charge is 0.490 e. The van der Waals surface area contributed by atoms with Crippen molar-refractivity contribution in [2.75, 3.05) is 19.8 Å². The monoisotopic (exact) mass is 419 g/mol. The predicted octanol–water partition coefficient (Wildman–Crippen LogP) is 4.70. The third kappa shape index (κ3) is 5.47. The van der Waals surface area contributed by atoms with Gasteiger partial charge in [0.1, 0.15) is 6.61 Å². The summed E-state index contributed by atoms with van der Waals surface area (Å²) in [6, 6.07) is 14.2. The summed E-state index contributed by atoms with van der Waals surface area (Å²) in [6.45, 7) is 5.63. The van der Waals surface area contributed by atoms with E-state index >= 15 is 0 Å². The van der Waals surface area contributed by atoms with Crippen LogP contribution in [0.15, 0.2) is 46.9 Å². The van der Waals surface area contributed by atoms with Crippen molar-refractivity contribution in [1.82, 2.24) is 5.32 Å². The molecule has 0 saturated carbocycles. The second-order valence-electron chi connectivity index (χ2n) is 6.36. The second kappa shape index (κ2) is 9.95. The molecule has 1 heterocycles. The van der Waals surface area contributed by atoms with Crippen molar-refractivity contribution < 1.29 is 14.2 Å². The quantitative estimate of drug-likeness (QED) is 0.639. The van der Waals surface area contributed by atoms with Crippen molar-refractivity contribution in [3.8, 4) is 11.5 Å². The van der Waals surface area contributed by atoms with Gasteiger partial charge in [-0.3, -0.25) is 0 Å². The Morgan fingerprint density at radius 2 is 1.96 bits per heavy atom. The average molecular weight is 420 g/mol. The van der Waals surface area contributed by atoms with E-state index in [0.717, 1.165) is 59.6 Å². The molecule has 1 saturated heterocycles. The summed E-state index contributed by atoms with van der Waals surface area (Å²) in [5.74, 6) is 1.53. The molecule has 0 aromatic heterocycles. The minimum absolute atomic E-state index is 0.341. The normalized spacial score (nSPS) is 16.6. The molecule has 0 spiro atoms. The fourth-order valence-corrected chi connectivity index (χ4v) is 3.46. The van der Waals surface area contributed by atoms with Crippen molar-refractivity contribution in [3.63, 3.8) is 0 Å². The summed E-state index contributed by atoms with van der Waals surface area (Å²) in [6.07, 6.45) is 2.65. The molecule has 2 aromatic rings. The van der Waals surface area contributed by atoms with Crippen LogP contribution in [0, 0.1) is 0 Å². The molecule has 3 rings (SSSR count). The lowest BCUT2D eigenvalue weighted by molar-refractivity contribution is 0.110. The van der Waals surface area contributed by atoms with Crippen molar-refractivity contribution in [1.29, 1.82) is 0 Å². The molecule has 26 heavy (non-hydrogen) atoms. The SMILES string of the molecule is CCOc1cc(CNCC2CCCO2)c(Br)cc1OCc1ccccc1. The molecule has 1 aliphatic rings. The first-order chi connectivity index (χ1) is 12.8. The Morgan fingerprint density at radius 3 is 2.69 bits per heavy atom. The van der Waals surface area contributed by atoms with E-state index in [1.165, 1.54) is 0 Å². The Bertz CT molecular complexity index is 687. The Labute approximate surface area is 164 Å². The van der Waals surface area contributed by atoms with E-state index in [4.69, 9.17) is 14.2 Å². The van der Waals surface area contributed by atoms with Gasteiger partial charge in [-0.25, -0.2) is 0 Å². The molecule has 1 atom stereocenters. The van der Waals surface area contributed by atoms with Gasteiger partial charge in [0.15, 0.2) is 11.5 Å². The van der Waals surface area contributed by atoms with E-state index in [1.807, 2.05) is 31.2 Å². The van der Waals surface area contributed by atoms with Gasteiger partial charge in [0, 0.05) is 24.2 Å². The number of halogens is 1. The molecule has 0 aliphatic carbocycles. The summed E-state index contributed by atoms with van der Waals surface area (Å²) >= 11 is 3.67. The van der Waals surface area contributed by atoms with Gasteiger partial charge in [-0.05, 0) is 43.0 Å². The van der Waals surface area contributed by atoms with E-state index in [9.17, 15) is 0 Å². The van der Waals surface area contributed by atoms with Gasteiger partial charge in [-0.1, -0.05) is 46.3 Å². The van der Waals surface area contributed by atoms with Crippen molar-refractivity contribution in [3.05, 3.63) is 58.1 Å².